The lowest BCUT2D eigenvalue weighted by Crippen LogP contribution is -1.94. The van der Waals surface area contributed by atoms with E-state index in [0.29, 0.717) is 5.88 Å². The highest BCUT2D eigenvalue weighted by atomic mass is 35.5. The molecule has 0 N–H and O–H groups in total. The summed E-state index contributed by atoms with van der Waals surface area (Å²) in [6.07, 6.45) is 3.13. The summed E-state index contributed by atoms with van der Waals surface area (Å²) in [5.74, 6) is 1.32. The Balaban J connectivity index is 2.82. The van der Waals surface area contributed by atoms with E-state index >= 15 is 0 Å². The molecule has 0 amide bonds. The first-order valence-corrected chi connectivity index (χ1v) is 6.11. The lowest BCUT2D eigenvalue weighted by atomic mass is 10.0. The normalized spacial score (nSPS) is 10.5. The zero-order valence-corrected chi connectivity index (χ0v) is 10.0. The molecule has 0 spiro atoms. The van der Waals surface area contributed by atoms with Gasteiger partial charge in [-0.25, -0.2) is 0 Å². The molecule has 78 valence electrons. The Hall–Kier alpha value is -0.200. The smallest absolute Gasteiger partial charge is 0.0476 e. The van der Waals surface area contributed by atoms with Crippen molar-refractivity contribution in [2.75, 3.05) is 5.88 Å². The Morgan fingerprint density at radius 2 is 1.93 bits per heavy atom. The third-order valence-corrected chi connectivity index (χ3v) is 2.96. The van der Waals surface area contributed by atoms with Crippen molar-refractivity contribution in [3.63, 3.8) is 0 Å². The number of halogens is 2. The highest BCUT2D eigenvalue weighted by Crippen LogP contribution is 2.16. The predicted molar refractivity (Wildman–Crippen MR) is 64.4 cm³/mol. The third kappa shape index (κ3) is 3.18. The van der Waals surface area contributed by atoms with Crippen LogP contribution in [0.1, 0.15) is 30.0 Å². The van der Waals surface area contributed by atoms with Gasteiger partial charge in [-0.1, -0.05) is 25.1 Å². The molecule has 1 rings (SSSR count). The molecule has 0 unspecified atom stereocenters. The van der Waals surface area contributed by atoms with Crippen LogP contribution in [0.4, 0.5) is 0 Å². The molecule has 1 aromatic carbocycles. The lowest BCUT2D eigenvalue weighted by Gasteiger charge is -2.08. The van der Waals surface area contributed by atoms with Crippen LogP contribution < -0.4 is 0 Å². The minimum atomic E-state index is 0.603. The van der Waals surface area contributed by atoms with Gasteiger partial charge in [0.1, 0.15) is 0 Å². The Morgan fingerprint density at radius 1 is 1.14 bits per heavy atom. The topological polar surface area (TPSA) is 0 Å². The van der Waals surface area contributed by atoms with Crippen molar-refractivity contribution in [3.05, 3.63) is 34.9 Å². The van der Waals surface area contributed by atoms with Gasteiger partial charge in [-0.15, -0.1) is 23.2 Å². The van der Waals surface area contributed by atoms with Crippen molar-refractivity contribution < 1.29 is 0 Å². The largest absolute Gasteiger partial charge is 0.127 e. The molecule has 0 nitrogen and oxygen atoms in total. The Bertz CT molecular complexity index is 282. The van der Waals surface area contributed by atoms with E-state index in [1.54, 1.807) is 0 Å². The number of alkyl halides is 2. The predicted octanol–water partition coefficient (Wildman–Crippen LogP) is 4.16. The number of hydrogen-bond acceptors (Lipinski definition) is 0. The van der Waals surface area contributed by atoms with Crippen molar-refractivity contribution in [2.45, 2.75) is 32.1 Å². The van der Waals surface area contributed by atoms with E-state index in [0.717, 1.165) is 25.1 Å². The van der Waals surface area contributed by atoms with Gasteiger partial charge in [-0.3, -0.25) is 0 Å². The number of benzene rings is 1. The highest BCUT2D eigenvalue weighted by molar-refractivity contribution is 6.18. The molecule has 14 heavy (non-hydrogen) atoms. The monoisotopic (exact) mass is 230 g/mol. The molecule has 0 aliphatic heterocycles. The molecular formula is C12H16Cl2. The van der Waals surface area contributed by atoms with Crippen LogP contribution in [0.15, 0.2) is 18.2 Å². The summed E-state index contributed by atoms with van der Waals surface area (Å²) in [7, 11) is 0. The van der Waals surface area contributed by atoms with Crippen LogP contribution in [0.5, 0.6) is 0 Å². The minimum Gasteiger partial charge on any atom is -0.127 e. The van der Waals surface area contributed by atoms with Crippen LogP contribution in [0.3, 0.4) is 0 Å². The van der Waals surface area contributed by atoms with E-state index in [1.165, 1.54) is 16.7 Å². The van der Waals surface area contributed by atoms with Gasteiger partial charge in [0.2, 0.25) is 0 Å². The van der Waals surface area contributed by atoms with Gasteiger partial charge in [0.25, 0.3) is 0 Å². The SMILES string of the molecule is CCc1ccc(CCCCl)c(CCl)c1. The Morgan fingerprint density at radius 3 is 2.50 bits per heavy atom. The second kappa shape index (κ2) is 6.31. The van der Waals surface area contributed by atoms with Crippen molar-refractivity contribution in [2.24, 2.45) is 0 Å². The summed E-state index contributed by atoms with van der Waals surface area (Å²) in [5, 5.41) is 0. The molecule has 0 atom stereocenters. The quantitative estimate of drug-likeness (QED) is 0.667. The van der Waals surface area contributed by atoms with Crippen LogP contribution in [-0.4, -0.2) is 5.88 Å². The van der Waals surface area contributed by atoms with Crippen molar-refractivity contribution in [3.8, 4) is 0 Å². The first-order valence-electron chi connectivity index (χ1n) is 5.04. The fourth-order valence-corrected chi connectivity index (χ4v) is 1.91. The maximum Gasteiger partial charge on any atom is 0.0476 e. The van der Waals surface area contributed by atoms with Crippen LogP contribution in [0.2, 0.25) is 0 Å². The summed E-state index contributed by atoms with van der Waals surface area (Å²) in [6.45, 7) is 2.16. The van der Waals surface area contributed by atoms with E-state index in [4.69, 9.17) is 23.2 Å². The Kier molecular flexibility index (Phi) is 5.36. The summed E-state index contributed by atoms with van der Waals surface area (Å²) in [4.78, 5) is 0. The van der Waals surface area contributed by atoms with Crippen molar-refractivity contribution >= 4 is 23.2 Å². The van der Waals surface area contributed by atoms with Gasteiger partial charge in [-0.2, -0.15) is 0 Å². The van der Waals surface area contributed by atoms with E-state index in [2.05, 4.69) is 25.1 Å². The van der Waals surface area contributed by atoms with E-state index < -0.39 is 0 Å². The molecule has 0 aliphatic carbocycles. The molecule has 0 bridgehead atoms. The molecule has 0 heterocycles. The zero-order chi connectivity index (χ0) is 10.4. The maximum absolute atomic E-state index is 5.91. The van der Waals surface area contributed by atoms with Gasteiger partial charge in [0.15, 0.2) is 0 Å². The third-order valence-electron chi connectivity index (χ3n) is 2.40. The lowest BCUT2D eigenvalue weighted by molar-refractivity contribution is 0.914. The summed E-state index contributed by atoms with van der Waals surface area (Å²) >= 11 is 11.6. The van der Waals surface area contributed by atoms with Gasteiger partial charge >= 0.3 is 0 Å². The molecule has 0 fully saturated rings. The molecule has 0 aliphatic rings. The standard InChI is InChI=1S/C12H16Cl2/c1-2-10-5-6-11(4-3-7-13)12(8-10)9-14/h5-6,8H,2-4,7,9H2,1H3. The van der Waals surface area contributed by atoms with Crippen LogP contribution in [-0.2, 0) is 18.7 Å². The van der Waals surface area contributed by atoms with Gasteiger partial charge in [0.05, 0.1) is 0 Å². The number of rotatable bonds is 5. The van der Waals surface area contributed by atoms with Crippen molar-refractivity contribution in [1.29, 1.82) is 0 Å². The highest BCUT2D eigenvalue weighted by Gasteiger charge is 2.02. The van der Waals surface area contributed by atoms with Gasteiger partial charge in [0, 0.05) is 11.8 Å². The minimum absolute atomic E-state index is 0.603. The van der Waals surface area contributed by atoms with E-state index in [-0.39, 0.29) is 0 Å². The fourth-order valence-electron chi connectivity index (χ4n) is 1.52. The summed E-state index contributed by atoms with van der Waals surface area (Å²) in [5.41, 5.74) is 3.96. The molecule has 2 heteroatoms. The first kappa shape index (κ1) is 11.9. The molecule has 0 radical (unpaired) electrons. The molecule has 0 aromatic heterocycles. The van der Waals surface area contributed by atoms with Crippen molar-refractivity contribution in [1.82, 2.24) is 0 Å². The first-order chi connectivity index (χ1) is 6.81. The fraction of sp³-hybridized carbons (Fsp3) is 0.500. The molecule has 0 saturated heterocycles. The van der Waals surface area contributed by atoms with Gasteiger partial charge < -0.3 is 0 Å². The molecule has 1 aromatic rings. The number of aryl methyl sites for hydroxylation is 2. The maximum atomic E-state index is 5.91. The molecule has 0 saturated carbocycles. The second-order valence-corrected chi connectivity index (χ2v) is 4.03. The van der Waals surface area contributed by atoms with Crippen LogP contribution in [0, 0.1) is 0 Å². The summed E-state index contributed by atoms with van der Waals surface area (Å²) < 4.78 is 0. The second-order valence-electron chi connectivity index (χ2n) is 3.38. The van der Waals surface area contributed by atoms with Crippen LogP contribution >= 0.6 is 23.2 Å². The Labute approximate surface area is 96.2 Å². The zero-order valence-electron chi connectivity index (χ0n) is 8.52. The average Bonchev–Trinajstić information content (AvgIpc) is 2.26. The number of hydrogen-bond donors (Lipinski definition) is 0. The molecular weight excluding hydrogens is 215 g/mol. The van der Waals surface area contributed by atoms with Gasteiger partial charge in [-0.05, 0) is 36.0 Å². The van der Waals surface area contributed by atoms with Crippen LogP contribution in [0.25, 0.3) is 0 Å². The average molecular weight is 231 g/mol. The summed E-state index contributed by atoms with van der Waals surface area (Å²) in [6, 6.07) is 6.57. The van der Waals surface area contributed by atoms with E-state index in [9.17, 15) is 0 Å². The van der Waals surface area contributed by atoms with E-state index in [1.807, 2.05) is 0 Å².